The number of pyridine rings is 1. The first-order chi connectivity index (χ1) is 7.75. The third-order valence-electron chi connectivity index (χ3n) is 1.84. The molecule has 0 saturated heterocycles. The van der Waals surface area contributed by atoms with Crippen molar-refractivity contribution in [2.45, 2.75) is 6.54 Å². The smallest absolute Gasteiger partial charge is 0.354 e. The van der Waals surface area contributed by atoms with Crippen LogP contribution < -0.4 is 5.32 Å². The highest BCUT2D eigenvalue weighted by atomic mass is 16.5. The molecule has 7 heteroatoms. The maximum atomic E-state index is 10.7. The molecule has 82 valence electrons. The molecule has 2 N–H and O–H groups in total. The van der Waals surface area contributed by atoms with E-state index in [1.54, 1.807) is 6.07 Å². The summed E-state index contributed by atoms with van der Waals surface area (Å²) in [6.07, 6.45) is 2.65. The molecule has 7 nitrogen and oxygen atoms in total. The summed E-state index contributed by atoms with van der Waals surface area (Å²) in [4.78, 5) is 18.2. The maximum Gasteiger partial charge on any atom is 0.354 e. The second-order valence-electron chi connectivity index (χ2n) is 2.94. The molecule has 0 radical (unpaired) electrons. The Bertz CT molecular complexity index is 483. The highest BCUT2D eigenvalue weighted by Crippen LogP contribution is 2.08. The number of carboxylic acid groups (broad SMARTS) is 1. The van der Waals surface area contributed by atoms with E-state index in [1.807, 2.05) is 0 Å². The Labute approximate surface area is 90.1 Å². The van der Waals surface area contributed by atoms with E-state index in [1.165, 1.54) is 18.7 Å². The van der Waals surface area contributed by atoms with E-state index in [0.29, 0.717) is 18.1 Å². The number of nitrogens with zero attached hydrogens (tertiary/aromatic N) is 3. The van der Waals surface area contributed by atoms with E-state index in [9.17, 15) is 4.79 Å². The van der Waals surface area contributed by atoms with Gasteiger partial charge in [0.05, 0.1) is 6.54 Å². The lowest BCUT2D eigenvalue weighted by Crippen LogP contribution is -2.04. The zero-order chi connectivity index (χ0) is 11.4. The van der Waals surface area contributed by atoms with Crippen LogP contribution >= 0.6 is 0 Å². The van der Waals surface area contributed by atoms with Gasteiger partial charge in [-0.3, -0.25) is 0 Å². The minimum absolute atomic E-state index is 0.0156. The van der Waals surface area contributed by atoms with Gasteiger partial charge in [-0.05, 0) is 12.1 Å². The van der Waals surface area contributed by atoms with Crippen LogP contribution in [0, 0.1) is 0 Å². The van der Waals surface area contributed by atoms with Gasteiger partial charge in [0.25, 0.3) is 0 Å². The first kappa shape index (κ1) is 10.1. The Morgan fingerprint density at radius 3 is 3.06 bits per heavy atom. The summed E-state index contributed by atoms with van der Waals surface area (Å²) in [6.45, 7) is 0.361. The number of nitrogens with one attached hydrogen (secondary N) is 1. The summed E-state index contributed by atoms with van der Waals surface area (Å²) in [5.41, 5.74) is 0.621. The van der Waals surface area contributed by atoms with Gasteiger partial charge in [-0.25, -0.2) is 9.78 Å². The number of carbonyl (C=O) groups is 1. The first-order valence-corrected chi connectivity index (χ1v) is 4.44. The fourth-order valence-corrected chi connectivity index (χ4v) is 1.11. The second kappa shape index (κ2) is 4.39. The summed E-state index contributed by atoms with van der Waals surface area (Å²) in [5, 5.41) is 15.3. The van der Waals surface area contributed by atoms with Crippen molar-refractivity contribution in [2.24, 2.45) is 0 Å². The van der Waals surface area contributed by atoms with Crippen molar-refractivity contribution in [2.75, 3.05) is 5.32 Å². The van der Waals surface area contributed by atoms with Crippen LogP contribution in [0.2, 0.25) is 0 Å². The zero-order valence-electron chi connectivity index (χ0n) is 8.12. The topological polar surface area (TPSA) is 101 Å². The standard InChI is InChI=1S/C9H8N4O3/c14-9(15)7-3-6(1-2-10-7)11-4-8-12-5-16-13-8/h1-3,5H,4H2,(H,10,11)(H,14,15). The number of rotatable bonds is 4. The summed E-state index contributed by atoms with van der Waals surface area (Å²) in [6, 6.07) is 3.09. The molecule has 0 bridgehead atoms. The van der Waals surface area contributed by atoms with Gasteiger partial charge in [-0.15, -0.1) is 0 Å². The number of hydrogen-bond acceptors (Lipinski definition) is 6. The first-order valence-electron chi connectivity index (χ1n) is 4.44. The van der Waals surface area contributed by atoms with Crippen molar-refractivity contribution in [1.29, 1.82) is 0 Å². The van der Waals surface area contributed by atoms with E-state index in [2.05, 4.69) is 25.0 Å². The molecule has 0 aliphatic rings. The normalized spacial score (nSPS) is 10.0. The largest absolute Gasteiger partial charge is 0.477 e. The summed E-state index contributed by atoms with van der Waals surface area (Å²) < 4.78 is 4.56. The highest BCUT2D eigenvalue weighted by molar-refractivity contribution is 5.86. The van der Waals surface area contributed by atoms with E-state index in [-0.39, 0.29) is 5.69 Å². The Morgan fingerprint density at radius 2 is 2.38 bits per heavy atom. The predicted molar refractivity (Wildman–Crippen MR) is 52.8 cm³/mol. The Balaban J connectivity index is 2.04. The molecule has 0 unspecified atom stereocenters. The lowest BCUT2D eigenvalue weighted by atomic mass is 10.3. The lowest BCUT2D eigenvalue weighted by Gasteiger charge is -2.03. The van der Waals surface area contributed by atoms with E-state index >= 15 is 0 Å². The van der Waals surface area contributed by atoms with Crippen LogP contribution in [0.4, 0.5) is 5.69 Å². The second-order valence-corrected chi connectivity index (χ2v) is 2.94. The minimum atomic E-state index is -1.07. The quantitative estimate of drug-likeness (QED) is 0.784. The SMILES string of the molecule is O=C(O)c1cc(NCc2ncon2)ccn1. The van der Waals surface area contributed by atoms with Crippen LogP contribution in [0.15, 0.2) is 29.2 Å². The van der Waals surface area contributed by atoms with Crippen LogP contribution in [-0.4, -0.2) is 26.2 Å². The molecular formula is C9H8N4O3. The van der Waals surface area contributed by atoms with E-state index in [4.69, 9.17) is 5.11 Å². The number of aromatic nitrogens is 3. The average Bonchev–Trinajstić information content (AvgIpc) is 2.79. The van der Waals surface area contributed by atoms with Crippen LogP contribution in [0.1, 0.15) is 16.3 Å². The Morgan fingerprint density at radius 1 is 1.50 bits per heavy atom. The molecular weight excluding hydrogens is 212 g/mol. The molecule has 0 atom stereocenters. The van der Waals surface area contributed by atoms with Crippen molar-refractivity contribution in [3.63, 3.8) is 0 Å². The van der Waals surface area contributed by atoms with Crippen molar-refractivity contribution in [3.8, 4) is 0 Å². The van der Waals surface area contributed by atoms with Gasteiger partial charge < -0.3 is 14.9 Å². The van der Waals surface area contributed by atoms with Gasteiger partial charge in [0.15, 0.2) is 5.82 Å². The van der Waals surface area contributed by atoms with Gasteiger partial charge in [0, 0.05) is 11.9 Å². The number of aromatic carboxylic acids is 1. The molecule has 2 rings (SSSR count). The van der Waals surface area contributed by atoms with E-state index < -0.39 is 5.97 Å². The Hall–Kier alpha value is -2.44. The fraction of sp³-hybridized carbons (Fsp3) is 0.111. The van der Waals surface area contributed by atoms with Gasteiger partial charge >= 0.3 is 5.97 Å². The molecule has 0 aliphatic heterocycles. The van der Waals surface area contributed by atoms with E-state index in [0.717, 1.165) is 0 Å². The van der Waals surface area contributed by atoms with Crippen molar-refractivity contribution in [1.82, 2.24) is 15.1 Å². The molecule has 0 saturated carbocycles. The highest BCUT2D eigenvalue weighted by Gasteiger charge is 2.05. The van der Waals surface area contributed by atoms with Crippen molar-refractivity contribution in [3.05, 3.63) is 36.2 Å². The molecule has 0 fully saturated rings. The van der Waals surface area contributed by atoms with Gasteiger partial charge in [0.1, 0.15) is 5.69 Å². The maximum absolute atomic E-state index is 10.7. The molecule has 2 aromatic rings. The summed E-state index contributed by atoms with van der Waals surface area (Å²) in [7, 11) is 0. The molecule has 0 spiro atoms. The van der Waals surface area contributed by atoms with Crippen LogP contribution in [0.3, 0.4) is 0 Å². The minimum Gasteiger partial charge on any atom is -0.477 e. The fourth-order valence-electron chi connectivity index (χ4n) is 1.11. The molecule has 2 heterocycles. The molecule has 0 aromatic carbocycles. The lowest BCUT2D eigenvalue weighted by molar-refractivity contribution is 0.0690. The summed E-state index contributed by atoms with van der Waals surface area (Å²) >= 11 is 0. The summed E-state index contributed by atoms with van der Waals surface area (Å²) in [5.74, 6) is -0.572. The van der Waals surface area contributed by atoms with Gasteiger partial charge in [0.2, 0.25) is 6.39 Å². The van der Waals surface area contributed by atoms with Crippen LogP contribution in [0.5, 0.6) is 0 Å². The van der Waals surface area contributed by atoms with Crippen molar-refractivity contribution < 1.29 is 14.4 Å². The number of anilines is 1. The number of hydrogen-bond donors (Lipinski definition) is 2. The Kier molecular flexibility index (Phi) is 2.77. The third kappa shape index (κ3) is 2.32. The van der Waals surface area contributed by atoms with Crippen LogP contribution in [0.25, 0.3) is 0 Å². The third-order valence-corrected chi connectivity index (χ3v) is 1.84. The predicted octanol–water partition coefficient (Wildman–Crippen LogP) is 0.775. The average molecular weight is 220 g/mol. The van der Waals surface area contributed by atoms with Gasteiger partial charge in [-0.2, -0.15) is 4.98 Å². The molecule has 16 heavy (non-hydrogen) atoms. The van der Waals surface area contributed by atoms with Gasteiger partial charge in [-0.1, -0.05) is 5.16 Å². The van der Waals surface area contributed by atoms with Crippen molar-refractivity contribution >= 4 is 11.7 Å². The molecule has 0 amide bonds. The van der Waals surface area contributed by atoms with Crippen LogP contribution in [-0.2, 0) is 6.54 Å². The zero-order valence-corrected chi connectivity index (χ0v) is 8.12. The number of carboxylic acids is 1. The molecule has 0 aliphatic carbocycles. The monoisotopic (exact) mass is 220 g/mol. The molecule has 2 aromatic heterocycles.